The molecule has 2 aromatic carbocycles. The second-order valence-corrected chi connectivity index (χ2v) is 3.76. The summed E-state index contributed by atoms with van der Waals surface area (Å²) in [5.74, 6) is 0.446. The summed E-state index contributed by atoms with van der Waals surface area (Å²) in [6.45, 7) is 0. The zero-order valence-corrected chi connectivity index (χ0v) is 9.38. The quantitative estimate of drug-likeness (QED) is 0.669. The molecule has 0 bridgehead atoms. The molecular formula is C14H11NO2. The van der Waals surface area contributed by atoms with E-state index < -0.39 is 0 Å². The first kappa shape index (κ1) is 9.90. The predicted octanol–water partition coefficient (Wildman–Crippen LogP) is 3.50. The Bertz CT molecular complexity index is 653. The monoisotopic (exact) mass is 225 g/mol. The first-order valence-corrected chi connectivity index (χ1v) is 5.37. The van der Waals surface area contributed by atoms with Gasteiger partial charge in [0.2, 0.25) is 0 Å². The Kier molecular flexibility index (Phi) is 2.29. The lowest BCUT2D eigenvalue weighted by atomic mass is 10.0. The van der Waals surface area contributed by atoms with Gasteiger partial charge in [-0.15, -0.1) is 0 Å². The number of hydrogen-bond acceptors (Lipinski definition) is 3. The standard InChI is InChI=1S/C14H11NO2/c1-16-14-13(9-15-17-14)12-8-4-6-10-5-2-3-7-11(10)12/h2-9H,1H3. The number of benzene rings is 2. The van der Waals surface area contributed by atoms with E-state index in [1.54, 1.807) is 13.3 Å². The molecule has 1 aromatic heterocycles. The fourth-order valence-corrected chi connectivity index (χ4v) is 2.02. The summed E-state index contributed by atoms with van der Waals surface area (Å²) in [6, 6.07) is 14.3. The molecule has 3 nitrogen and oxygen atoms in total. The largest absolute Gasteiger partial charge is 0.467 e. The normalized spacial score (nSPS) is 10.6. The molecule has 0 aliphatic heterocycles. The van der Waals surface area contributed by atoms with Crippen LogP contribution in [0.15, 0.2) is 53.2 Å². The molecule has 0 spiro atoms. The SMILES string of the molecule is COc1oncc1-c1cccc2ccccc12. The first-order valence-electron chi connectivity index (χ1n) is 5.37. The molecule has 0 radical (unpaired) electrons. The smallest absolute Gasteiger partial charge is 0.318 e. The number of methoxy groups -OCH3 is 1. The molecule has 17 heavy (non-hydrogen) atoms. The number of nitrogens with zero attached hydrogens (tertiary/aromatic N) is 1. The summed E-state index contributed by atoms with van der Waals surface area (Å²) in [4.78, 5) is 0. The lowest BCUT2D eigenvalue weighted by Gasteiger charge is -2.04. The molecule has 3 rings (SSSR count). The van der Waals surface area contributed by atoms with Gasteiger partial charge in [0.05, 0.1) is 18.9 Å². The van der Waals surface area contributed by atoms with Crippen molar-refractivity contribution in [1.82, 2.24) is 5.16 Å². The molecule has 0 fully saturated rings. The maximum Gasteiger partial charge on any atom is 0.318 e. The van der Waals surface area contributed by atoms with E-state index in [9.17, 15) is 0 Å². The highest BCUT2D eigenvalue weighted by Crippen LogP contribution is 2.34. The van der Waals surface area contributed by atoms with Gasteiger partial charge in [-0.2, -0.15) is 0 Å². The van der Waals surface area contributed by atoms with Crippen LogP contribution in [0.3, 0.4) is 0 Å². The highest BCUT2D eigenvalue weighted by molar-refractivity contribution is 5.97. The van der Waals surface area contributed by atoms with Crippen LogP contribution in [0.5, 0.6) is 5.95 Å². The van der Waals surface area contributed by atoms with E-state index in [4.69, 9.17) is 9.26 Å². The third-order valence-electron chi connectivity index (χ3n) is 2.80. The molecule has 0 saturated carbocycles. The topological polar surface area (TPSA) is 35.3 Å². The number of rotatable bonds is 2. The number of hydrogen-bond donors (Lipinski definition) is 0. The van der Waals surface area contributed by atoms with Crippen molar-refractivity contribution in [3.05, 3.63) is 48.7 Å². The van der Waals surface area contributed by atoms with Gasteiger partial charge < -0.3 is 9.26 Å². The zero-order valence-electron chi connectivity index (χ0n) is 9.38. The highest BCUT2D eigenvalue weighted by atomic mass is 16.6. The van der Waals surface area contributed by atoms with E-state index >= 15 is 0 Å². The van der Waals surface area contributed by atoms with Gasteiger partial charge in [-0.3, -0.25) is 0 Å². The molecule has 0 unspecified atom stereocenters. The van der Waals surface area contributed by atoms with Crippen molar-refractivity contribution in [3.63, 3.8) is 0 Å². The van der Waals surface area contributed by atoms with Gasteiger partial charge in [0, 0.05) is 0 Å². The highest BCUT2D eigenvalue weighted by Gasteiger charge is 2.12. The second kappa shape index (κ2) is 3.94. The summed E-state index contributed by atoms with van der Waals surface area (Å²) in [7, 11) is 1.58. The summed E-state index contributed by atoms with van der Waals surface area (Å²) in [5, 5.41) is 6.13. The third-order valence-corrected chi connectivity index (χ3v) is 2.80. The second-order valence-electron chi connectivity index (χ2n) is 3.76. The first-order chi connectivity index (χ1) is 8.40. The maximum atomic E-state index is 5.16. The Morgan fingerprint density at radius 2 is 1.82 bits per heavy atom. The van der Waals surface area contributed by atoms with Crippen LogP contribution in [-0.2, 0) is 0 Å². The summed E-state index contributed by atoms with van der Waals surface area (Å²) in [6.07, 6.45) is 1.68. The van der Waals surface area contributed by atoms with Crippen LogP contribution >= 0.6 is 0 Å². The minimum absolute atomic E-state index is 0.446. The molecule has 0 aliphatic rings. The lowest BCUT2D eigenvalue weighted by Crippen LogP contribution is -1.84. The van der Waals surface area contributed by atoms with E-state index in [-0.39, 0.29) is 0 Å². The summed E-state index contributed by atoms with van der Waals surface area (Å²) >= 11 is 0. The van der Waals surface area contributed by atoms with E-state index in [2.05, 4.69) is 23.4 Å². The Balaban J connectivity index is 2.31. The molecule has 0 atom stereocenters. The molecular weight excluding hydrogens is 214 g/mol. The fraction of sp³-hybridized carbons (Fsp3) is 0.0714. The van der Waals surface area contributed by atoms with Gasteiger partial charge in [-0.05, 0) is 16.3 Å². The van der Waals surface area contributed by atoms with Crippen molar-refractivity contribution in [1.29, 1.82) is 0 Å². The Labute approximate surface area is 98.6 Å². The van der Waals surface area contributed by atoms with E-state index in [0.29, 0.717) is 5.95 Å². The van der Waals surface area contributed by atoms with Crippen molar-refractivity contribution in [2.45, 2.75) is 0 Å². The molecule has 0 N–H and O–H groups in total. The van der Waals surface area contributed by atoms with E-state index in [1.807, 2.05) is 24.3 Å². The van der Waals surface area contributed by atoms with Gasteiger partial charge in [-0.1, -0.05) is 47.6 Å². The Hall–Kier alpha value is -2.29. The van der Waals surface area contributed by atoms with Crippen LogP contribution in [0, 0.1) is 0 Å². The lowest BCUT2D eigenvalue weighted by molar-refractivity contribution is 0.262. The van der Waals surface area contributed by atoms with Crippen molar-refractivity contribution in [2.24, 2.45) is 0 Å². The van der Waals surface area contributed by atoms with Crippen LogP contribution in [0.2, 0.25) is 0 Å². The van der Waals surface area contributed by atoms with Crippen molar-refractivity contribution < 1.29 is 9.26 Å². The average molecular weight is 225 g/mol. The van der Waals surface area contributed by atoms with Crippen LogP contribution in [-0.4, -0.2) is 12.3 Å². The molecule has 3 aromatic rings. The molecule has 3 heteroatoms. The maximum absolute atomic E-state index is 5.16. The molecule has 0 aliphatic carbocycles. The van der Waals surface area contributed by atoms with Gasteiger partial charge in [0.25, 0.3) is 0 Å². The van der Waals surface area contributed by atoms with Crippen LogP contribution in [0.1, 0.15) is 0 Å². The van der Waals surface area contributed by atoms with Crippen LogP contribution in [0.25, 0.3) is 21.9 Å². The third kappa shape index (κ3) is 1.56. The molecule has 84 valence electrons. The summed E-state index contributed by atoms with van der Waals surface area (Å²) in [5.41, 5.74) is 1.95. The van der Waals surface area contributed by atoms with Crippen molar-refractivity contribution in [2.75, 3.05) is 7.11 Å². The number of ether oxygens (including phenoxy) is 1. The molecule has 0 amide bonds. The van der Waals surface area contributed by atoms with Gasteiger partial charge in [0.1, 0.15) is 0 Å². The zero-order chi connectivity index (χ0) is 11.7. The molecule has 1 heterocycles. The fourth-order valence-electron chi connectivity index (χ4n) is 2.02. The average Bonchev–Trinajstić information content (AvgIpc) is 2.86. The van der Waals surface area contributed by atoms with Crippen molar-refractivity contribution in [3.8, 4) is 17.1 Å². The predicted molar refractivity (Wildman–Crippen MR) is 66.0 cm³/mol. The van der Waals surface area contributed by atoms with E-state index in [1.165, 1.54) is 5.39 Å². The minimum Gasteiger partial charge on any atom is -0.467 e. The number of fused-ring (bicyclic) bond motifs is 1. The van der Waals surface area contributed by atoms with Crippen molar-refractivity contribution >= 4 is 10.8 Å². The van der Waals surface area contributed by atoms with E-state index in [0.717, 1.165) is 16.5 Å². The Morgan fingerprint density at radius 1 is 1.00 bits per heavy atom. The van der Waals surface area contributed by atoms with Crippen LogP contribution in [0.4, 0.5) is 0 Å². The Morgan fingerprint density at radius 3 is 2.71 bits per heavy atom. The molecule has 0 saturated heterocycles. The minimum atomic E-state index is 0.446. The summed E-state index contributed by atoms with van der Waals surface area (Å²) < 4.78 is 10.2. The van der Waals surface area contributed by atoms with Gasteiger partial charge in [-0.25, -0.2) is 0 Å². The van der Waals surface area contributed by atoms with Crippen LogP contribution < -0.4 is 4.74 Å². The number of aromatic nitrogens is 1. The van der Waals surface area contributed by atoms with Gasteiger partial charge >= 0.3 is 5.95 Å². The van der Waals surface area contributed by atoms with Gasteiger partial charge in [0.15, 0.2) is 0 Å².